The van der Waals surface area contributed by atoms with Crippen molar-refractivity contribution in [2.24, 2.45) is 17.8 Å². The topological polar surface area (TPSA) is 88.2 Å². The molecule has 4 fully saturated rings. The third kappa shape index (κ3) is 2.19. The largest absolute Gasteiger partial charge is 0.453 e. The van der Waals surface area contributed by atoms with E-state index in [2.05, 4.69) is 5.32 Å². The second-order valence-electron chi connectivity index (χ2n) is 8.42. The standard InChI is InChI=1S/C18H25Cl2NO5/c1-16(24,9-4-3-5-11(20)13(9)12-8-25-12)18-15(23)26-17(18,2)10(6-7-19)14(22)21-18/h9-13,24H,3-8H2,1-2H3,(H,21,22)/t9-,10-,11?,12?,13?,16-,17-,18+/m0/s1. The third-order valence-electron chi connectivity index (χ3n) is 7.19. The summed E-state index contributed by atoms with van der Waals surface area (Å²) in [5.41, 5.74) is -4.09. The number of hydrogen-bond donors (Lipinski definition) is 2. The molecular weight excluding hydrogens is 381 g/mol. The second-order valence-corrected chi connectivity index (χ2v) is 9.35. The Kier molecular flexibility index (Phi) is 4.31. The molecule has 6 nitrogen and oxygen atoms in total. The van der Waals surface area contributed by atoms with Crippen molar-refractivity contribution < 1.29 is 24.2 Å². The fourth-order valence-corrected chi connectivity index (χ4v) is 6.47. The zero-order valence-corrected chi connectivity index (χ0v) is 16.5. The number of rotatable bonds is 5. The Bertz CT molecular complexity index is 639. The van der Waals surface area contributed by atoms with Crippen LogP contribution < -0.4 is 5.32 Å². The second kappa shape index (κ2) is 5.97. The summed E-state index contributed by atoms with van der Waals surface area (Å²) in [5, 5.41) is 14.5. The van der Waals surface area contributed by atoms with Crippen LogP contribution in [0.25, 0.3) is 0 Å². The van der Waals surface area contributed by atoms with Gasteiger partial charge in [0, 0.05) is 17.2 Å². The molecule has 3 saturated heterocycles. The quantitative estimate of drug-likeness (QED) is 0.411. The van der Waals surface area contributed by atoms with Gasteiger partial charge in [-0.2, -0.15) is 0 Å². The van der Waals surface area contributed by atoms with E-state index in [-0.39, 0.29) is 35.1 Å². The van der Waals surface area contributed by atoms with Crippen LogP contribution in [0.1, 0.15) is 39.5 Å². The van der Waals surface area contributed by atoms with E-state index in [1.807, 2.05) is 0 Å². The minimum absolute atomic E-state index is 0.00349. The first kappa shape index (κ1) is 18.8. The minimum Gasteiger partial charge on any atom is -0.453 e. The van der Waals surface area contributed by atoms with E-state index in [0.717, 1.165) is 19.3 Å². The molecule has 3 unspecified atom stereocenters. The molecule has 0 bridgehead atoms. The first-order valence-electron chi connectivity index (χ1n) is 9.30. The number of fused-ring (bicyclic) bond motifs is 1. The summed E-state index contributed by atoms with van der Waals surface area (Å²) >= 11 is 12.5. The molecule has 0 aromatic heterocycles. The Morgan fingerprint density at radius 1 is 1.38 bits per heavy atom. The first-order chi connectivity index (χ1) is 12.2. The van der Waals surface area contributed by atoms with Crippen LogP contribution in [-0.4, -0.2) is 57.7 Å². The van der Waals surface area contributed by atoms with Crippen molar-refractivity contribution >= 4 is 35.1 Å². The molecule has 2 N–H and O–H groups in total. The lowest BCUT2D eigenvalue weighted by Crippen LogP contribution is -2.84. The predicted octanol–water partition coefficient (Wildman–Crippen LogP) is 1.59. The number of amides is 1. The van der Waals surface area contributed by atoms with Gasteiger partial charge < -0.3 is 19.9 Å². The van der Waals surface area contributed by atoms with Crippen LogP contribution in [0.2, 0.25) is 0 Å². The van der Waals surface area contributed by atoms with Gasteiger partial charge in [-0.1, -0.05) is 6.42 Å². The van der Waals surface area contributed by atoms with Gasteiger partial charge in [0.05, 0.1) is 18.6 Å². The highest BCUT2D eigenvalue weighted by atomic mass is 35.5. The molecule has 0 aromatic carbocycles. The first-order valence-corrected chi connectivity index (χ1v) is 10.3. The van der Waals surface area contributed by atoms with Crippen molar-refractivity contribution in [2.45, 2.75) is 67.8 Å². The molecule has 1 aliphatic carbocycles. The van der Waals surface area contributed by atoms with Crippen LogP contribution in [-0.2, 0) is 19.1 Å². The maximum Gasteiger partial charge on any atom is 0.339 e. The molecule has 0 radical (unpaired) electrons. The van der Waals surface area contributed by atoms with Crippen molar-refractivity contribution in [2.75, 3.05) is 12.5 Å². The number of halogens is 2. The number of aliphatic hydroxyl groups is 1. The fourth-order valence-electron chi connectivity index (χ4n) is 5.76. The summed E-state index contributed by atoms with van der Waals surface area (Å²) < 4.78 is 11.0. The number of nitrogens with one attached hydrogen (secondary N) is 1. The van der Waals surface area contributed by atoms with E-state index in [4.69, 9.17) is 32.7 Å². The van der Waals surface area contributed by atoms with E-state index in [9.17, 15) is 14.7 Å². The highest BCUT2D eigenvalue weighted by molar-refractivity contribution is 6.21. The lowest BCUT2D eigenvalue weighted by molar-refractivity contribution is -0.262. The zero-order chi connectivity index (χ0) is 18.9. The molecule has 26 heavy (non-hydrogen) atoms. The van der Waals surface area contributed by atoms with Crippen molar-refractivity contribution in [1.82, 2.24) is 5.32 Å². The van der Waals surface area contributed by atoms with Crippen molar-refractivity contribution in [3.05, 3.63) is 0 Å². The Morgan fingerprint density at radius 3 is 2.65 bits per heavy atom. The van der Waals surface area contributed by atoms with Crippen LogP contribution in [0.5, 0.6) is 0 Å². The summed E-state index contributed by atoms with van der Waals surface area (Å²) in [4.78, 5) is 25.3. The van der Waals surface area contributed by atoms with Crippen molar-refractivity contribution in [1.29, 1.82) is 0 Å². The summed E-state index contributed by atoms with van der Waals surface area (Å²) in [6.45, 7) is 3.99. The monoisotopic (exact) mass is 405 g/mol. The maximum absolute atomic E-state index is 12.7. The molecule has 3 aliphatic heterocycles. The average molecular weight is 406 g/mol. The normalized spacial score (nSPS) is 49.5. The number of carbonyl (C=O) groups excluding carboxylic acids is 2. The number of ether oxygens (including phenoxy) is 2. The van der Waals surface area contributed by atoms with Crippen LogP contribution >= 0.6 is 23.2 Å². The molecule has 1 saturated carbocycles. The lowest BCUT2D eigenvalue weighted by atomic mass is 9.55. The van der Waals surface area contributed by atoms with Crippen LogP contribution in [0, 0.1) is 17.8 Å². The number of alkyl halides is 2. The van der Waals surface area contributed by atoms with Crippen LogP contribution in [0.15, 0.2) is 0 Å². The number of carbonyl (C=O) groups is 2. The highest BCUT2D eigenvalue weighted by Crippen LogP contribution is 2.59. The summed E-state index contributed by atoms with van der Waals surface area (Å²) in [7, 11) is 0. The van der Waals surface area contributed by atoms with E-state index >= 15 is 0 Å². The molecule has 0 aromatic rings. The predicted molar refractivity (Wildman–Crippen MR) is 95.0 cm³/mol. The minimum atomic E-state index is -1.50. The molecule has 1 amide bonds. The van der Waals surface area contributed by atoms with E-state index in [0.29, 0.717) is 13.0 Å². The van der Waals surface area contributed by atoms with Gasteiger partial charge in [0.2, 0.25) is 11.4 Å². The smallest absolute Gasteiger partial charge is 0.339 e. The van der Waals surface area contributed by atoms with Crippen molar-refractivity contribution in [3.63, 3.8) is 0 Å². The Morgan fingerprint density at radius 2 is 2.08 bits per heavy atom. The summed E-state index contributed by atoms with van der Waals surface area (Å²) in [6, 6.07) is 0. The molecule has 4 aliphatic rings. The van der Waals surface area contributed by atoms with E-state index in [1.54, 1.807) is 13.8 Å². The Labute approximate surface area is 162 Å². The van der Waals surface area contributed by atoms with E-state index < -0.39 is 28.6 Å². The molecule has 0 spiro atoms. The fraction of sp³-hybridized carbons (Fsp3) is 0.889. The zero-order valence-electron chi connectivity index (χ0n) is 15.0. The SMILES string of the molecule is C[C@](O)([C@H]1CCCC(Cl)C1C1CO1)[C@@]12NC(=O)[C@H](CCCl)[C@]1(C)OC2=O. The number of esters is 1. The van der Waals surface area contributed by atoms with Gasteiger partial charge in [-0.25, -0.2) is 4.79 Å². The maximum atomic E-state index is 12.7. The molecule has 3 heterocycles. The Hall–Kier alpha value is -0.560. The van der Waals surface area contributed by atoms with Crippen LogP contribution in [0.4, 0.5) is 0 Å². The van der Waals surface area contributed by atoms with Gasteiger partial charge in [0.15, 0.2) is 5.60 Å². The Balaban J connectivity index is 1.74. The summed E-state index contributed by atoms with van der Waals surface area (Å²) in [6.07, 6.45) is 2.83. The van der Waals surface area contributed by atoms with Gasteiger partial charge in [-0.05, 0) is 39.0 Å². The summed E-state index contributed by atoms with van der Waals surface area (Å²) in [5.74, 6) is -1.51. The number of hydrogen-bond acceptors (Lipinski definition) is 5. The lowest BCUT2D eigenvalue weighted by Gasteiger charge is -2.60. The highest BCUT2D eigenvalue weighted by Gasteiger charge is 2.83. The molecule has 8 heteroatoms. The van der Waals surface area contributed by atoms with Crippen molar-refractivity contribution in [3.8, 4) is 0 Å². The molecular formula is C18H25Cl2NO5. The van der Waals surface area contributed by atoms with Crippen LogP contribution in [0.3, 0.4) is 0 Å². The average Bonchev–Trinajstić information content (AvgIpc) is 3.38. The van der Waals surface area contributed by atoms with Gasteiger partial charge in [0.25, 0.3) is 0 Å². The number of epoxide rings is 1. The van der Waals surface area contributed by atoms with E-state index in [1.165, 1.54) is 0 Å². The van der Waals surface area contributed by atoms with Gasteiger partial charge in [0.1, 0.15) is 5.60 Å². The molecule has 4 rings (SSSR count). The van der Waals surface area contributed by atoms with Gasteiger partial charge in [-0.15, -0.1) is 23.2 Å². The van der Waals surface area contributed by atoms with Gasteiger partial charge >= 0.3 is 5.97 Å². The molecule has 8 atom stereocenters. The van der Waals surface area contributed by atoms with Gasteiger partial charge in [-0.3, -0.25) is 4.79 Å². The third-order valence-corrected chi connectivity index (χ3v) is 7.92. The molecule has 146 valence electrons.